The van der Waals surface area contributed by atoms with E-state index >= 15 is 0 Å². The molecule has 0 atom stereocenters. The first-order valence-electron chi connectivity index (χ1n) is 3.71. The standard InChI is InChI=1S/C7H13NO2.ClH/c9-7(10)3-1-2-6-4-8-5-6;/h6,8H,1-5H2,(H,9,10);1H. The van der Waals surface area contributed by atoms with Gasteiger partial charge in [-0.25, -0.2) is 0 Å². The lowest BCUT2D eigenvalue weighted by molar-refractivity contribution is -0.137. The van der Waals surface area contributed by atoms with Crippen molar-refractivity contribution in [2.75, 3.05) is 13.1 Å². The number of hydrogen-bond acceptors (Lipinski definition) is 2. The molecule has 1 rings (SSSR count). The Labute approximate surface area is 72.6 Å². The van der Waals surface area contributed by atoms with E-state index in [1.807, 2.05) is 0 Å². The molecular formula is C7H14ClNO2. The van der Waals surface area contributed by atoms with Gasteiger partial charge < -0.3 is 10.4 Å². The van der Waals surface area contributed by atoms with Crippen molar-refractivity contribution in [2.24, 2.45) is 5.92 Å². The Morgan fingerprint density at radius 2 is 2.18 bits per heavy atom. The molecule has 0 aliphatic carbocycles. The lowest BCUT2D eigenvalue weighted by Crippen LogP contribution is -2.41. The van der Waals surface area contributed by atoms with Crippen molar-refractivity contribution in [1.29, 1.82) is 0 Å². The van der Waals surface area contributed by atoms with Gasteiger partial charge in [-0.1, -0.05) is 0 Å². The Morgan fingerprint density at radius 3 is 2.55 bits per heavy atom. The fourth-order valence-electron chi connectivity index (χ4n) is 1.09. The summed E-state index contributed by atoms with van der Waals surface area (Å²) in [5.41, 5.74) is 0. The summed E-state index contributed by atoms with van der Waals surface area (Å²) >= 11 is 0. The van der Waals surface area contributed by atoms with E-state index in [0.29, 0.717) is 6.42 Å². The molecular weight excluding hydrogens is 166 g/mol. The van der Waals surface area contributed by atoms with Crippen LogP contribution < -0.4 is 5.32 Å². The van der Waals surface area contributed by atoms with Crippen LogP contribution >= 0.6 is 12.4 Å². The predicted molar refractivity (Wildman–Crippen MR) is 45.1 cm³/mol. The maximum Gasteiger partial charge on any atom is 0.303 e. The van der Waals surface area contributed by atoms with Crippen molar-refractivity contribution in [3.8, 4) is 0 Å². The molecule has 0 amide bonds. The topological polar surface area (TPSA) is 49.3 Å². The zero-order valence-corrected chi connectivity index (χ0v) is 7.19. The van der Waals surface area contributed by atoms with Crippen LogP contribution in [0, 0.1) is 5.92 Å². The summed E-state index contributed by atoms with van der Waals surface area (Å²) in [5, 5.41) is 11.5. The molecule has 0 aromatic heterocycles. The van der Waals surface area contributed by atoms with Gasteiger partial charge in [-0.05, 0) is 31.8 Å². The molecule has 0 radical (unpaired) electrons. The van der Waals surface area contributed by atoms with Crippen molar-refractivity contribution < 1.29 is 9.90 Å². The number of nitrogens with one attached hydrogen (secondary N) is 1. The Morgan fingerprint density at radius 1 is 1.55 bits per heavy atom. The van der Waals surface area contributed by atoms with Crippen molar-refractivity contribution in [3.05, 3.63) is 0 Å². The average molecular weight is 180 g/mol. The first kappa shape index (κ1) is 10.7. The van der Waals surface area contributed by atoms with Gasteiger partial charge >= 0.3 is 5.97 Å². The smallest absolute Gasteiger partial charge is 0.303 e. The van der Waals surface area contributed by atoms with Crippen LogP contribution in [0.15, 0.2) is 0 Å². The van der Waals surface area contributed by atoms with Crippen LogP contribution in [0.1, 0.15) is 19.3 Å². The molecule has 0 saturated carbocycles. The number of carboxylic acids is 1. The fraction of sp³-hybridized carbons (Fsp3) is 0.857. The maximum atomic E-state index is 10.1. The SMILES string of the molecule is Cl.O=C(O)CCCC1CNC1. The molecule has 1 heterocycles. The Balaban J connectivity index is 0.000001000. The van der Waals surface area contributed by atoms with Gasteiger partial charge in [0.05, 0.1) is 0 Å². The van der Waals surface area contributed by atoms with Gasteiger partial charge in [0.25, 0.3) is 0 Å². The second-order valence-corrected chi connectivity index (χ2v) is 2.81. The lowest BCUT2D eigenvalue weighted by Gasteiger charge is -2.26. The van der Waals surface area contributed by atoms with Gasteiger partial charge in [0.1, 0.15) is 0 Å². The second kappa shape index (κ2) is 5.38. The zero-order valence-electron chi connectivity index (χ0n) is 6.38. The molecule has 0 bridgehead atoms. The largest absolute Gasteiger partial charge is 0.481 e. The number of halogens is 1. The highest BCUT2D eigenvalue weighted by atomic mass is 35.5. The first-order valence-corrected chi connectivity index (χ1v) is 3.71. The molecule has 1 aliphatic rings. The predicted octanol–water partition coefficient (Wildman–Crippen LogP) is 0.882. The molecule has 66 valence electrons. The minimum Gasteiger partial charge on any atom is -0.481 e. The van der Waals surface area contributed by atoms with E-state index in [-0.39, 0.29) is 12.4 Å². The molecule has 0 unspecified atom stereocenters. The molecule has 0 aromatic rings. The van der Waals surface area contributed by atoms with E-state index in [1.54, 1.807) is 0 Å². The number of carboxylic acid groups (broad SMARTS) is 1. The van der Waals surface area contributed by atoms with E-state index in [4.69, 9.17) is 5.11 Å². The number of rotatable bonds is 4. The second-order valence-electron chi connectivity index (χ2n) is 2.81. The Kier molecular flexibility index (Phi) is 5.24. The minimum atomic E-state index is -0.674. The van der Waals surface area contributed by atoms with Crippen LogP contribution in [-0.4, -0.2) is 24.2 Å². The molecule has 1 saturated heterocycles. The molecule has 4 heteroatoms. The molecule has 0 spiro atoms. The highest BCUT2D eigenvalue weighted by molar-refractivity contribution is 5.85. The van der Waals surface area contributed by atoms with Crippen LogP contribution in [-0.2, 0) is 4.79 Å². The van der Waals surface area contributed by atoms with Crippen LogP contribution in [0.3, 0.4) is 0 Å². The quantitative estimate of drug-likeness (QED) is 0.674. The average Bonchev–Trinajstić information content (AvgIpc) is 1.75. The zero-order chi connectivity index (χ0) is 7.40. The van der Waals surface area contributed by atoms with Gasteiger partial charge in [0, 0.05) is 6.42 Å². The summed E-state index contributed by atoms with van der Waals surface area (Å²) in [6, 6.07) is 0. The third kappa shape index (κ3) is 4.22. The highest BCUT2D eigenvalue weighted by Crippen LogP contribution is 2.11. The molecule has 1 fully saturated rings. The Hall–Kier alpha value is -0.280. The third-order valence-electron chi connectivity index (χ3n) is 1.87. The van der Waals surface area contributed by atoms with Crippen molar-refractivity contribution in [1.82, 2.24) is 5.32 Å². The van der Waals surface area contributed by atoms with E-state index in [2.05, 4.69) is 5.32 Å². The third-order valence-corrected chi connectivity index (χ3v) is 1.87. The van der Waals surface area contributed by atoms with E-state index < -0.39 is 5.97 Å². The van der Waals surface area contributed by atoms with E-state index in [0.717, 1.165) is 31.8 Å². The number of hydrogen-bond donors (Lipinski definition) is 2. The monoisotopic (exact) mass is 179 g/mol. The highest BCUT2D eigenvalue weighted by Gasteiger charge is 2.15. The van der Waals surface area contributed by atoms with E-state index in [9.17, 15) is 4.79 Å². The molecule has 11 heavy (non-hydrogen) atoms. The summed E-state index contributed by atoms with van der Waals surface area (Å²) in [6.07, 6.45) is 2.23. The summed E-state index contributed by atoms with van der Waals surface area (Å²) in [6.45, 7) is 2.17. The molecule has 2 N–H and O–H groups in total. The first-order chi connectivity index (χ1) is 4.79. The van der Waals surface area contributed by atoms with Gasteiger partial charge in [0.2, 0.25) is 0 Å². The molecule has 3 nitrogen and oxygen atoms in total. The van der Waals surface area contributed by atoms with Crippen LogP contribution in [0.4, 0.5) is 0 Å². The summed E-state index contributed by atoms with van der Waals surface area (Å²) in [4.78, 5) is 10.1. The summed E-state index contributed by atoms with van der Waals surface area (Å²) in [7, 11) is 0. The minimum absolute atomic E-state index is 0. The van der Waals surface area contributed by atoms with Gasteiger partial charge in [-0.2, -0.15) is 0 Å². The maximum absolute atomic E-state index is 10.1. The molecule has 1 aliphatic heterocycles. The van der Waals surface area contributed by atoms with Gasteiger partial charge in [-0.3, -0.25) is 4.79 Å². The van der Waals surface area contributed by atoms with Crippen LogP contribution in [0.5, 0.6) is 0 Å². The van der Waals surface area contributed by atoms with Crippen molar-refractivity contribution in [2.45, 2.75) is 19.3 Å². The van der Waals surface area contributed by atoms with Crippen LogP contribution in [0.2, 0.25) is 0 Å². The van der Waals surface area contributed by atoms with Gasteiger partial charge in [-0.15, -0.1) is 12.4 Å². The normalized spacial score (nSPS) is 16.7. The number of aliphatic carboxylic acids is 1. The van der Waals surface area contributed by atoms with Crippen molar-refractivity contribution >= 4 is 18.4 Å². The van der Waals surface area contributed by atoms with Crippen LogP contribution in [0.25, 0.3) is 0 Å². The molecule has 0 aromatic carbocycles. The summed E-state index contributed by atoms with van der Waals surface area (Å²) in [5.74, 6) is 0.0756. The lowest BCUT2D eigenvalue weighted by atomic mass is 9.97. The van der Waals surface area contributed by atoms with Crippen molar-refractivity contribution in [3.63, 3.8) is 0 Å². The van der Waals surface area contributed by atoms with Gasteiger partial charge in [0.15, 0.2) is 0 Å². The number of carbonyl (C=O) groups is 1. The summed E-state index contributed by atoms with van der Waals surface area (Å²) < 4.78 is 0. The van der Waals surface area contributed by atoms with E-state index in [1.165, 1.54) is 0 Å². The Bertz CT molecular complexity index is 126. The fourth-order valence-corrected chi connectivity index (χ4v) is 1.09.